The molecule has 3 rings (SSSR count). The number of hydrogen-bond donors (Lipinski definition) is 2. The van der Waals surface area contributed by atoms with E-state index in [1.807, 2.05) is 0 Å². The second kappa shape index (κ2) is 8.62. The molecule has 1 fully saturated rings. The second-order valence-electron chi connectivity index (χ2n) is 6.01. The van der Waals surface area contributed by atoms with Crippen molar-refractivity contribution in [3.8, 4) is 5.75 Å². The zero-order chi connectivity index (χ0) is 20.3. The molecule has 2 N–H and O–H groups in total. The topological polar surface area (TPSA) is 84.5 Å². The molecule has 1 saturated heterocycles. The number of ether oxygens (including phenoxy) is 1. The van der Waals surface area contributed by atoms with Crippen molar-refractivity contribution in [1.82, 2.24) is 10.6 Å². The number of carbonyl (C=O) groups is 3. The first-order valence-electron chi connectivity index (χ1n) is 8.28. The lowest BCUT2D eigenvalue weighted by Gasteiger charge is -2.14. The molecule has 0 aromatic heterocycles. The van der Waals surface area contributed by atoms with Gasteiger partial charge in [-0.25, -0.2) is 4.39 Å². The number of nitrogens with one attached hydrogen (secondary N) is 2. The summed E-state index contributed by atoms with van der Waals surface area (Å²) < 4.78 is 19.0. The maximum atomic E-state index is 13.7. The third kappa shape index (κ3) is 4.45. The number of hydrogen-bond acceptors (Lipinski definition) is 5. The van der Waals surface area contributed by atoms with Crippen molar-refractivity contribution >= 4 is 40.4 Å². The molecule has 28 heavy (non-hydrogen) atoms. The van der Waals surface area contributed by atoms with Gasteiger partial charge in [0.05, 0.1) is 17.9 Å². The van der Waals surface area contributed by atoms with Crippen LogP contribution in [0.3, 0.4) is 0 Å². The largest absolute Gasteiger partial charge is 0.496 e. The van der Waals surface area contributed by atoms with E-state index in [9.17, 15) is 18.8 Å². The molecule has 1 aliphatic heterocycles. The van der Waals surface area contributed by atoms with Crippen LogP contribution in [0.25, 0.3) is 0 Å². The predicted octanol–water partition coefficient (Wildman–Crippen LogP) is 3.31. The minimum Gasteiger partial charge on any atom is -0.496 e. The summed E-state index contributed by atoms with van der Waals surface area (Å²) in [5, 5.41) is 4.14. The van der Waals surface area contributed by atoms with Gasteiger partial charge in [-0.05, 0) is 30.2 Å². The number of rotatable bonds is 6. The summed E-state index contributed by atoms with van der Waals surface area (Å²) in [6.07, 6.45) is 0.179. The molecule has 0 radical (unpaired) electrons. The van der Waals surface area contributed by atoms with E-state index in [1.165, 1.54) is 25.3 Å². The van der Waals surface area contributed by atoms with Crippen LogP contribution in [0.1, 0.15) is 21.5 Å². The van der Waals surface area contributed by atoms with Gasteiger partial charge in [-0.1, -0.05) is 41.6 Å². The molecule has 2 aromatic carbocycles. The minimum atomic E-state index is -0.618. The molecule has 0 spiro atoms. The molecule has 1 atom stereocenters. The lowest BCUT2D eigenvalue weighted by Crippen LogP contribution is -2.26. The Balaban J connectivity index is 1.81. The highest BCUT2D eigenvalue weighted by Crippen LogP contribution is 2.31. The number of carbonyl (C=O) groups excluding carboxylic acids is 3. The Labute approximate surface area is 169 Å². The maximum Gasteiger partial charge on any atom is 0.286 e. The van der Waals surface area contributed by atoms with Crippen molar-refractivity contribution in [3.05, 3.63) is 63.9 Å². The van der Waals surface area contributed by atoms with Crippen LogP contribution in [-0.4, -0.2) is 29.4 Å². The van der Waals surface area contributed by atoms with Gasteiger partial charge in [0.1, 0.15) is 11.6 Å². The van der Waals surface area contributed by atoms with E-state index < -0.39 is 28.1 Å². The molecule has 146 valence electrons. The Hall–Kier alpha value is -2.58. The molecular weight excluding hydrogens is 407 g/mol. The van der Waals surface area contributed by atoms with Crippen LogP contribution in [0.4, 0.5) is 9.18 Å². The van der Waals surface area contributed by atoms with E-state index in [1.54, 1.807) is 18.2 Å². The molecule has 1 aliphatic rings. The highest BCUT2D eigenvalue weighted by atomic mass is 35.5. The quantitative estimate of drug-likeness (QED) is 0.746. The highest BCUT2D eigenvalue weighted by Gasteiger charge is 2.32. The molecule has 1 unspecified atom stereocenters. The van der Waals surface area contributed by atoms with Crippen LogP contribution >= 0.6 is 23.4 Å². The van der Waals surface area contributed by atoms with Gasteiger partial charge in [0, 0.05) is 17.1 Å². The predicted molar refractivity (Wildman–Crippen MR) is 104 cm³/mol. The SMILES string of the molecule is COc1cc(Cl)c(CC2SC(=O)NC2=O)cc1C(=O)NCc1ccccc1F. The molecule has 0 bridgehead atoms. The number of amides is 3. The Morgan fingerprint density at radius 2 is 2.04 bits per heavy atom. The highest BCUT2D eigenvalue weighted by molar-refractivity contribution is 8.15. The summed E-state index contributed by atoms with van der Waals surface area (Å²) in [6, 6.07) is 9.14. The molecular formula is C19H16ClFN2O4S. The van der Waals surface area contributed by atoms with Crippen molar-refractivity contribution in [2.24, 2.45) is 0 Å². The van der Waals surface area contributed by atoms with Crippen molar-refractivity contribution in [3.63, 3.8) is 0 Å². The van der Waals surface area contributed by atoms with Gasteiger partial charge in [-0.2, -0.15) is 0 Å². The molecule has 9 heteroatoms. The molecule has 2 aromatic rings. The summed E-state index contributed by atoms with van der Waals surface area (Å²) in [6.45, 7) is 0.00199. The Bertz CT molecular complexity index is 954. The van der Waals surface area contributed by atoms with Gasteiger partial charge in [0.2, 0.25) is 5.91 Å². The van der Waals surface area contributed by atoms with Crippen LogP contribution in [0.15, 0.2) is 36.4 Å². The monoisotopic (exact) mass is 422 g/mol. The number of halogens is 2. The van der Waals surface area contributed by atoms with E-state index in [0.717, 1.165) is 11.8 Å². The van der Waals surface area contributed by atoms with Crippen LogP contribution < -0.4 is 15.4 Å². The van der Waals surface area contributed by atoms with Crippen molar-refractivity contribution in [2.45, 2.75) is 18.2 Å². The third-order valence-corrected chi connectivity index (χ3v) is 5.52. The first-order valence-corrected chi connectivity index (χ1v) is 9.54. The van der Waals surface area contributed by atoms with Gasteiger partial charge in [0.15, 0.2) is 0 Å². The average molecular weight is 423 g/mol. The maximum absolute atomic E-state index is 13.7. The molecule has 1 heterocycles. The number of methoxy groups -OCH3 is 1. The summed E-state index contributed by atoms with van der Waals surface area (Å²) in [5.41, 5.74) is 1.08. The van der Waals surface area contributed by atoms with E-state index in [0.29, 0.717) is 16.1 Å². The van der Waals surface area contributed by atoms with E-state index in [-0.39, 0.29) is 24.3 Å². The Morgan fingerprint density at radius 1 is 1.29 bits per heavy atom. The van der Waals surface area contributed by atoms with E-state index in [4.69, 9.17) is 16.3 Å². The smallest absolute Gasteiger partial charge is 0.286 e. The zero-order valence-corrected chi connectivity index (χ0v) is 16.3. The average Bonchev–Trinajstić information content (AvgIpc) is 2.99. The molecule has 0 saturated carbocycles. The fourth-order valence-electron chi connectivity index (χ4n) is 2.74. The first kappa shape index (κ1) is 20.2. The van der Waals surface area contributed by atoms with Gasteiger partial charge in [0.25, 0.3) is 11.1 Å². The summed E-state index contributed by atoms with van der Waals surface area (Å²) in [4.78, 5) is 35.8. The normalized spacial score (nSPS) is 16.0. The van der Waals surface area contributed by atoms with Gasteiger partial charge < -0.3 is 10.1 Å². The lowest BCUT2D eigenvalue weighted by atomic mass is 10.0. The fraction of sp³-hybridized carbons (Fsp3) is 0.211. The van der Waals surface area contributed by atoms with Crippen molar-refractivity contribution in [1.29, 1.82) is 0 Å². The first-order chi connectivity index (χ1) is 13.4. The standard InChI is InChI=1S/C19H16ClFN2O4S/c1-27-15-8-13(20)11(7-16-18(25)23-19(26)28-16)6-12(15)17(24)22-9-10-4-2-3-5-14(10)21/h2-6,8,16H,7,9H2,1H3,(H,22,24)(H,23,25,26). The fourth-order valence-corrected chi connectivity index (χ4v) is 3.82. The Kier molecular flexibility index (Phi) is 6.21. The van der Waals surface area contributed by atoms with Crippen molar-refractivity contribution < 1.29 is 23.5 Å². The van der Waals surface area contributed by atoms with Crippen LogP contribution in [0, 0.1) is 5.82 Å². The molecule has 6 nitrogen and oxygen atoms in total. The number of thioether (sulfide) groups is 1. The van der Waals surface area contributed by atoms with Gasteiger partial charge in [-0.3, -0.25) is 19.7 Å². The number of benzene rings is 2. The van der Waals surface area contributed by atoms with Crippen LogP contribution in [0.5, 0.6) is 5.75 Å². The summed E-state index contributed by atoms with van der Waals surface area (Å²) >= 11 is 7.13. The van der Waals surface area contributed by atoms with Gasteiger partial charge >= 0.3 is 0 Å². The van der Waals surface area contributed by atoms with E-state index >= 15 is 0 Å². The van der Waals surface area contributed by atoms with Crippen molar-refractivity contribution in [2.75, 3.05) is 7.11 Å². The Morgan fingerprint density at radius 3 is 2.68 bits per heavy atom. The molecule has 3 amide bonds. The van der Waals surface area contributed by atoms with Gasteiger partial charge in [-0.15, -0.1) is 0 Å². The lowest BCUT2D eigenvalue weighted by molar-refractivity contribution is -0.118. The number of imide groups is 1. The van der Waals surface area contributed by atoms with E-state index in [2.05, 4.69) is 10.6 Å². The molecule has 0 aliphatic carbocycles. The zero-order valence-electron chi connectivity index (χ0n) is 14.8. The second-order valence-corrected chi connectivity index (χ2v) is 7.59. The summed E-state index contributed by atoms with van der Waals surface area (Å²) in [5.74, 6) is -1.04. The third-order valence-electron chi connectivity index (χ3n) is 4.18. The summed E-state index contributed by atoms with van der Waals surface area (Å²) in [7, 11) is 1.40. The van der Waals surface area contributed by atoms with Crippen LogP contribution in [-0.2, 0) is 17.8 Å². The minimum absolute atomic E-state index is 0.00199. The van der Waals surface area contributed by atoms with Crippen LogP contribution in [0.2, 0.25) is 5.02 Å².